The molecule has 0 aliphatic carbocycles. The lowest BCUT2D eigenvalue weighted by Gasteiger charge is -2.11. The van der Waals surface area contributed by atoms with E-state index >= 15 is 0 Å². The van der Waals surface area contributed by atoms with Gasteiger partial charge in [0.05, 0.1) is 11.0 Å². The third-order valence-electron chi connectivity index (χ3n) is 5.81. The van der Waals surface area contributed by atoms with E-state index in [2.05, 4.69) is 15.6 Å². The molecule has 0 aliphatic rings. The molecule has 1 aromatic heterocycles. The van der Waals surface area contributed by atoms with Crippen molar-refractivity contribution in [2.45, 2.75) is 27.7 Å². The predicted molar refractivity (Wildman–Crippen MR) is 136 cm³/mol. The maximum atomic E-state index is 12.4. The van der Waals surface area contributed by atoms with Crippen LogP contribution >= 0.6 is 0 Å². The Morgan fingerprint density at radius 1 is 0.886 bits per heavy atom. The van der Waals surface area contributed by atoms with Crippen LogP contribution in [-0.2, 0) is 4.79 Å². The summed E-state index contributed by atoms with van der Waals surface area (Å²) in [6.07, 6.45) is -0.564. The Hall–Kier alpha value is -4.33. The normalized spacial score (nSPS) is 10.8. The molecule has 0 aliphatic heterocycles. The van der Waals surface area contributed by atoms with Crippen molar-refractivity contribution in [1.82, 2.24) is 15.3 Å². The number of imidazole rings is 1. The fraction of sp³-hybridized carbons (Fsp3) is 0.222. The second-order valence-electron chi connectivity index (χ2n) is 8.47. The summed E-state index contributed by atoms with van der Waals surface area (Å²) in [4.78, 5) is 31.9. The lowest BCUT2D eigenvalue weighted by Crippen LogP contribution is -2.24. The molecular weight excluding hydrogens is 444 g/mol. The summed E-state index contributed by atoms with van der Waals surface area (Å²) >= 11 is 0. The van der Waals surface area contributed by atoms with Crippen LogP contribution < -0.4 is 20.1 Å². The second kappa shape index (κ2) is 9.89. The quantitative estimate of drug-likeness (QED) is 0.358. The molecule has 0 spiro atoms. The number of benzene rings is 3. The molecule has 0 bridgehead atoms. The number of likely N-dealkylation sites (N-methyl/N-ethyl adjacent to an activating group) is 1. The van der Waals surface area contributed by atoms with Gasteiger partial charge in [0, 0.05) is 24.4 Å². The monoisotopic (exact) mass is 472 g/mol. The highest BCUT2D eigenvalue weighted by Gasteiger charge is 2.14. The number of H-pyrrole nitrogens is 1. The molecule has 2 amide bonds. The van der Waals surface area contributed by atoms with Crippen molar-refractivity contribution < 1.29 is 19.1 Å². The molecule has 4 aromatic rings. The lowest BCUT2D eigenvalue weighted by atomic mass is 10.0. The van der Waals surface area contributed by atoms with Gasteiger partial charge in [-0.15, -0.1) is 0 Å². The van der Waals surface area contributed by atoms with Gasteiger partial charge in [-0.05, 0) is 86.3 Å². The summed E-state index contributed by atoms with van der Waals surface area (Å²) in [7, 11) is 1.57. The third kappa shape index (κ3) is 5.43. The molecule has 0 radical (unpaired) electrons. The highest BCUT2D eigenvalue weighted by Crippen LogP contribution is 2.31. The zero-order chi connectivity index (χ0) is 25.1. The fourth-order valence-electron chi connectivity index (χ4n) is 3.84. The van der Waals surface area contributed by atoms with E-state index in [-0.39, 0.29) is 12.5 Å². The van der Waals surface area contributed by atoms with Gasteiger partial charge in [-0.3, -0.25) is 10.1 Å². The minimum Gasteiger partial charge on any atom is -0.484 e. The number of fused-ring (bicyclic) bond motifs is 1. The van der Waals surface area contributed by atoms with Crippen LogP contribution in [0.4, 0.5) is 10.5 Å². The average Bonchev–Trinajstić information content (AvgIpc) is 3.22. The van der Waals surface area contributed by atoms with Crippen molar-refractivity contribution in [3.8, 4) is 22.9 Å². The molecule has 180 valence electrons. The third-order valence-corrected chi connectivity index (χ3v) is 5.81. The van der Waals surface area contributed by atoms with E-state index in [4.69, 9.17) is 14.5 Å². The smallest absolute Gasteiger partial charge is 0.417 e. The zero-order valence-electron chi connectivity index (χ0n) is 20.4. The van der Waals surface area contributed by atoms with Crippen molar-refractivity contribution in [2.75, 3.05) is 19.0 Å². The van der Waals surface area contributed by atoms with Crippen LogP contribution in [-0.4, -0.2) is 35.6 Å². The van der Waals surface area contributed by atoms with Crippen LogP contribution in [0.25, 0.3) is 22.4 Å². The maximum absolute atomic E-state index is 12.4. The molecule has 0 atom stereocenters. The van der Waals surface area contributed by atoms with Gasteiger partial charge < -0.3 is 19.8 Å². The Morgan fingerprint density at radius 3 is 2.31 bits per heavy atom. The largest absolute Gasteiger partial charge is 0.484 e. The van der Waals surface area contributed by atoms with Crippen molar-refractivity contribution in [2.24, 2.45) is 0 Å². The van der Waals surface area contributed by atoms with E-state index in [1.807, 2.05) is 58.0 Å². The zero-order valence-corrected chi connectivity index (χ0v) is 20.4. The number of aryl methyl sites for hydroxylation is 4. The Bertz CT molecular complexity index is 1400. The summed E-state index contributed by atoms with van der Waals surface area (Å²) in [5.74, 6) is 1.53. The van der Waals surface area contributed by atoms with Crippen molar-refractivity contribution in [3.05, 3.63) is 70.8 Å². The lowest BCUT2D eigenvalue weighted by molar-refractivity contribution is -0.122. The number of carbonyl (C=O) groups excluding carboxylic acids is 2. The van der Waals surface area contributed by atoms with E-state index in [1.165, 1.54) is 0 Å². The van der Waals surface area contributed by atoms with Crippen LogP contribution in [0.5, 0.6) is 11.5 Å². The summed E-state index contributed by atoms with van der Waals surface area (Å²) in [6.45, 7) is 7.90. The topological polar surface area (TPSA) is 105 Å². The van der Waals surface area contributed by atoms with Gasteiger partial charge >= 0.3 is 6.09 Å². The Kier molecular flexibility index (Phi) is 6.73. The summed E-state index contributed by atoms with van der Waals surface area (Å²) in [5, 5.41) is 5.29. The van der Waals surface area contributed by atoms with E-state index in [9.17, 15) is 9.59 Å². The predicted octanol–water partition coefficient (Wildman–Crippen LogP) is 5.20. The minimum atomic E-state index is -0.564. The van der Waals surface area contributed by atoms with Crippen LogP contribution in [0, 0.1) is 27.7 Å². The molecular formula is C27H28N4O4. The Labute approximate surface area is 203 Å². The molecule has 3 N–H and O–H groups in total. The molecule has 8 nitrogen and oxygen atoms in total. The van der Waals surface area contributed by atoms with Crippen molar-refractivity contribution in [3.63, 3.8) is 0 Å². The van der Waals surface area contributed by atoms with Crippen LogP contribution in [0.1, 0.15) is 22.3 Å². The van der Waals surface area contributed by atoms with E-state index in [1.54, 1.807) is 25.2 Å². The first-order chi connectivity index (χ1) is 16.7. The van der Waals surface area contributed by atoms with Crippen LogP contribution in [0.15, 0.2) is 48.5 Å². The molecule has 0 unspecified atom stereocenters. The molecule has 0 fully saturated rings. The van der Waals surface area contributed by atoms with Gasteiger partial charge in [0.15, 0.2) is 6.61 Å². The number of amides is 2. The second-order valence-corrected chi connectivity index (χ2v) is 8.47. The molecule has 35 heavy (non-hydrogen) atoms. The molecule has 8 heteroatoms. The summed E-state index contributed by atoms with van der Waals surface area (Å²) < 4.78 is 11.1. The number of anilines is 1. The molecule has 0 saturated carbocycles. The average molecular weight is 473 g/mol. The van der Waals surface area contributed by atoms with E-state index < -0.39 is 6.09 Å². The molecule has 4 rings (SSSR count). The van der Waals surface area contributed by atoms with E-state index in [0.29, 0.717) is 23.0 Å². The standard InChI is InChI=1S/C27H28N4O4/c1-15-6-7-19(10-16(15)2)29-27(33)35-20-8-9-22-23(13-20)31-26(30-22)25-17(3)11-21(12-18(25)4)34-14-24(32)28-5/h6-13H,14H2,1-5H3,(H,28,32)(H,29,33)(H,30,31). The van der Waals surface area contributed by atoms with Gasteiger partial charge in [-0.2, -0.15) is 0 Å². The summed E-state index contributed by atoms with van der Waals surface area (Å²) in [5.41, 5.74) is 7.28. The number of aromatic amines is 1. The molecule has 0 saturated heterocycles. The Balaban J connectivity index is 1.52. The number of aromatic nitrogens is 2. The number of ether oxygens (including phenoxy) is 2. The highest BCUT2D eigenvalue weighted by molar-refractivity contribution is 5.88. The maximum Gasteiger partial charge on any atom is 0.417 e. The molecule has 3 aromatic carbocycles. The van der Waals surface area contributed by atoms with Crippen LogP contribution in [0.2, 0.25) is 0 Å². The van der Waals surface area contributed by atoms with Gasteiger partial charge in [0.25, 0.3) is 5.91 Å². The van der Waals surface area contributed by atoms with Crippen LogP contribution in [0.3, 0.4) is 0 Å². The van der Waals surface area contributed by atoms with Gasteiger partial charge in [0.2, 0.25) is 0 Å². The Morgan fingerprint density at radius 2 is 1.63 bits per heavy atom. The number of nitrogens with one attached hydrogen (secondary N) is 3. The number of hydrogen-bond donors (Lipinski definition) is 3. The number of nitrogens with zero attached hydrogens (tertiary/aromatic N) is 1. The summed E-state index contributed by atoms with van der Waals surface area (Å²) in [6, 6.07) is 14.7. The minimum absolute atomic E-state index is 0.0424. The van der Waals surface area contributed by atoms with Crippen molar-refractivity contribution in [1.29, 1.82) is 0 Å². The first-order valence-corrected chi connectivity index (χ1v) is 11.2. The molecule has 1 heterocycles. The van der Waals surface area contributed by atoms with Gasteiger partial charge in [-0.1, -0.05) is 6.07 Å². The number of rotatable bonds is 6. The number of hydrogen-bond acceptors (Lipinski definition) is 5. The van der Waals surface area contributed by atoms with Crippen molar-refractivity contribution >= 4 is 28.7 Å². The highest BCUT2D eigenvalue weighted by atomic mass is 16.6. The SMILES string of the molecule is CNC(=O)COc1cc(C)c(-c2nc3ccc(OC(=O)Nc4ccc(C)c(C)c4)cc3[nH]2)c(C)c1. The van der Waals surface area contributed by atoms with Gasteiger partial charge in [0.1, 0.15) is 17.3 Å². The van der Waals surface area contributed by atoms with Gasteiger partial charge in [-0.25, -0.2) is 9.78 Å². The fourth-order valence-corrected chi connectivity index (χ4v) is 3.84. The van der Waals surface area contributed by atoms with E-state index in [0.717, 1.165) is 38.9 Å². The number of carbonyl (C=O) groups is 2. The first kappa shape index (κ1) is 23.8. The first-order valence-electron chi connectivity index (χ1n) is 11.2.